The zero-order valence-corrected chi connectivity index (χ0v) is 13.1. The summed E-state index contributed by atoms with van der Waals surface area (Å²) in [4.78, 5) is 0. The molecule has 2 N–H and O–H groups in total. The maximum atomic E-state index is 6.49. The molecule has 0 bridgehead atoms. The van der Waals surface area contributed by atoms with E-state index in [1.807, 2.05) is 0 Å². The molecule has 1 saturated carbocycles. The molecule has 0 aromatic rings. The van der Waals surface area contributed by atoms with E-state index >= 15 is 0 Å². The van der Waals surface area contributed by atoms with Crippen molar-refractivity contribution in [2.45, 2.75) is 71.8 Å². The van der Waals surface area contributed by atoms with Crippen LogP contribution in [0.15, 0.2) is 12.2 Å². The minimum absolute atomic E-state index is 0.385. The topological polar surface area (TPSA) is 26.0 Å². The van der Waals surface area contributed by atoms with Gasteiger partial charge in [0.05, 0.1) is 0 Å². The molecular formula is C18H33N. The van der Waals surface area contributed by atoms with Gasteiger partial charge >= 0.3 is 0 Å². The third-order valence-electron chi connectivity index (χ3n) is 5.19. The summed E-state index contributed by atoms with van der Waals surface area (Å²) >= 11 is 0. The summed E-state index contributed by atoms with van der Waals surface area (Å²) in [6.45, 7) is 7.08. The van der Waals surface area contributed by atoms with Crippen molar-refractivity contribution in [2.75, 3.05) is 0 Å². The summed E-state index contributed by atoms with van der Waals surface area (Å²) in [5.41, 5.74) is 6.49. The summed E-state index contributed by atoms with van der Waals surface area (Å²) in [7, 11) is 0. The Morgan fingerprint density at radius 3 is 2.26 bits per heavy atom. The van der Waals surface area contributed by atoms with E-state index in [1.54, 1.807) is 0 Å². The van der Waals surface area contributed by atoms with Crippen molar-refractivity contribution < 1.29 is 0 Å². The van der Waals surface area contributed by atoms with Crippen LogP contribution in [0.1, 0.15) is 65.7 Å². The maximum absolute atomic E-state index is 6.49. The van der Waals surface area contributed by atoms with Crippen LogP contribution in [0.4, 0.5) is 0 Å². The fourth-order valence-electron chi connectivity index (χ4n) is 3.64. The van der Waals surface area contributed by atoms with E-state index in [0.29, 0.717) is 12.0 Å². The second-order valence-electron chi connectivity index (χ2n) is 7.57. The molecule has 0 aliphatic heterocycles. The molecule has 2 rings (SSSR count). The van der Waals surface area contributed by atoms with Crippen molar-refractivity contribution >= 4 is 0 Å². The van der Waals surface area contributed by atoms with Crippen LogP contribution in [-0.4, -0.2) is 6.04 Å². The highest BCUT2D eigenvalue weighted by molar-refractivity contribution is 5.00. The van der Waals surface area contributed by atoms with Crippen LogP contribution in [0, 0.1) is 29.6 Å². The van der Waals surface area contributed by atoms with Crippen LogP contribution in [0.2, 0.25) is 0 Å². The minimum Gasteiger partial charge on any atom is -0.327 e. The number of hydrogen-bond donors (Lipinski definition) is 1. The average Bonchev–Trinajstić information content (AvgIpc) is 3.13. The van der Waals surface area contributed by atoms with Gasteiger partial charge in [-0.1, -0.05) is 52.2 Å². The van der Waals surface area contributed by atoms with Crippen molar-refractivity contribution in [1.82, 2.24) is 0 Å². The Labute approximate surface area is 120 Å². The lowest BCUT2D eigenvalue weighted by atomic mass is 9.87. The van der Waals surface area contributed by atoms with Gasteiger partial charge in [-0.2, -0.15) is 0 Å². The van der Waals surface area contributed by atoms with Crippen molar-refractivity contribution in [1.29, 1.82) is 0 Å². The summed E-state index contributed by atoms with van der Waals surface area (Å²) in [6, 6.07) is 0.385. The molecule has 0 spiro atoms. The number of allylic oxidation sites excluding steroid dienone is 1. The Morgan fingerprint density at radius 1 is 1.00 bits per heavy atom. The third-order valence-corrected chi connectivity index (χ3v) is 5.19. The van der Waals surface area contributed by atoms with Gasteiger partial charge in [-0.25, -0.2) is 0 Å². The van der Waals surface area contributed by atoms with Crippen molar-refractivity contribution in [2.24, 2.45) is 35.3 Å². The Balaban J connectivity index is 1.80. The molecule has 2 aliphatic rings. The molecule has 0 saturated heterocycles. The second kappa shape index (κ2) is 6.92. The molecule has 1 heteroatoms. The van der Waals surface area contributed by atoms with Crippen molar-refractivity contribution in [3.05, 3.63) is 12.2 Å². The van der Waals surface area contributed by atoms with Gasteiger partial charge in [0.2, 0.25) is 0 Å². The monoisotopic (exact) mass is 263 g/mol. The molecular weight excluding hydrogens is 230 g/mol. The van der Waals surface area contributed by atoms with Crippen LogP contribution in [0.5, 0.6) is 0 Å². The van der Waals surface area contributed by atoms with Crippen LogP contribution < -0.4 is 5.73 Å². The Hall–Kier alpha value is -0.300. The SMILES string of the molecule is CC(CC1CC1)CC(N)C1C=CC(C(C)C)CCC1. The first kappa shape index (κ1) is 15.1. The summed E-state index contributed by atoms with van der Waals surface area (Å²) in [5.74, 6) is 4.05. The van der Waals surface area contributed by atoms with E-state index in [-0.39, 0.29) is 0 Å². The lowest BCUT2D eigenvalue weighted by Gasteiger charge is -2.23. The van der Waals surface area contributed by atoms with Gasteiger partial charge < -0.3 is 5.73 Å². The average molecular weight is 263 g/mol. The molecule has 0 amide bonds. The molecule has 110 valence electrons. The molecule has 0 heterocycles. The summed E-state index contributed by atoms with van der Waals surface area (Å²) in [5, 5.41) is 0. The lowest BCUT2D eigenvalue weighted by molar-refractivity contribution is 0.351. The highest BCUT2D eigenvalue weighted by Crippen LogP contribution is 2.37. The molecule has 19 heavy (non-hydrogen) atoms. The van der Waals surface area contributed by atoms with Gasteiger partial charge in [0.1, 0.15) is 0 Å². The van der Waals surface area contributed by atoms with Gasteiger partial charge in [-0.3, -0.25) is 0 Å². The largest absolute Gasteiger partial charge is 0.327 e. The van der Waals surface area contributed by atoms with E-state index in [2.05, 4.69) is 32.9 Å². The van der Waals surface area contributed by atoms with Crippen LogP contribution >= 0.6 is 0 Å². The van der Waals surface area contributed by atoms with Crippen molar-refractivity contribution in [3.63, 3.8) is 0 Å². The second-order valence-corrected chi connectivity index (χ2v) is 7.57. The molecule has 4 unspecified atom stereocenters. The fraction of sp³-hybridized carbons (Fsp3) is 0.889. The molecule has 2 aliphatic carbocycles. The summed E-state index contributed by atoms with van der Waals surface area (Å²) < 4.78 is 0. The molecule has 1 fully saturated rings. The van der Waals surface area contributed by atoms with Gasteiger partial charge in [-0.05, 0) is 55.3 Å². The van der Waals surface area contributed by atoms with E-state index < -0.39 is 0 Å². The van der Waals surface area contributed by atoms with Gasteiger partial charge in [0.25, 0.3) is 0 Å². The lowest BCUT2D eigenvalue weighted by Crippen LogP contribution is -2.30. The predicted octanol–water partition coefficient (Wildman–Crippen LogP) is 4.77. The highest BCUT2D eigenvalue weighted by Gasteiger charge is 2.26. The first-order chi connectivity index (χ1) is 9.06. The molecule has 0 aromatic carbocycles. The predicted molar refractivity (Wildman–Crippen MR) is 83.9 cm³/mol. The molecule has 0 aromatic heterocycles. The van der Waals surface area contributed by atoms with E-state index in [0.717, 1.165) is 23.7 Å². The normalized spacial score (nSPS) is 31.2. The van der Waals surface area contributed by atoms with E-state index in [9.17, 15) is 0 Å². The Kier molecular flexibility index (Phi) is 5.50. The van der Waals surface area contributed by atoms with Crippen LogP contribution in [-0.2, 0) is 0 Å². The zero-order chi connectivity index (χ0) is 13.8. The molecule has 0 radical (unpaired) electrons. The van der Waals surface area contributed by atoms with E-state index in [4.69, 9.17) is 5.73 Å². The zero-order valence-electron chi connectivity index (χ0n) is 13.1. The quantitative estimate of drug-likeness (QED) is 0.686. The third kappa shape index (κ3) is 4.95. The smallest absolute Gasteiger partial charge is 0.0104 e. The number of rotatable bonds is 6. The molecule has 1 nitrogen and oxygen atoms in total. The Bertz CT molecular complexity index is 290. The van der Waals surface area contributed by atoms with Crippen LogP contribution in [0.25, 0.3) is 0 Å². The first-order valence-corrected chi connectivity index (χ1v) is 8.50. The Morgan fingerprint density at radius 2 is 1.63 bits per heavy atom. The first-order valence-electron chi connectivity index (χ1n) is 8.50. The summed E-state index contributed by atoms with van der Waals surface area (Å²) in [6.07, 6.45) is 14.5. The van der Waals surface area contributed by atoms with Gasteiger partial charge in [0.15, 0.2) is 0 Å². The van der Waals surface area contributed by atoms with Gasteiger partial charge in [0, 0.05) is 6.04 Å². The van der Waals surface area contributed by atoms with E-state index in [1.165, 1.54) is 44.9 Å². The number of hydrogen-bond acceptors (Lipinski definition) is 1. The van der Waals surface area contributed by atoms with Gasteiger partial charge in [-0.15, -0.1) is 0 Å². The minimum atomic E-state index is 0.385. The standard InChI is InChI=1S/C18H33N/c1-13(2)16-5-4-6-17(10-9-16)18(19)12-14(3)11-15-7-8-15/h9-10,13-18H,4-8,11-12,19H2,1-3H3. The fourth-order valence-corrected chi connectivity index (χ4v) is 3.64. The number of nitrogens with two attached hydrogens (primary N) is 1. The maximum Gasteiger partial charge on any atom is 0.0104 e. The highest BCUT2D eigenvalue weighted by atomic mass is 14.6. The van der Waals surface area contributed by atoms with Crippen LogP contribution in [0.3, 0.4) is 0 Å². The van der Waals surface area contributed by atoms with Crippen molar-refractivity contribution in [3.8, 4) is 0 Å². The molecule has 4 atom stereocenters.